The Labute approximate surface area is 208 Å². The topological polar surface area (TPSA) is 87.7 Å². The molecule has 0 atom stereocenters. The van der Waals surface area contributed by atoms with E-state index < -0.39 is 17.8 Å². The normalized spacial score (nSPS) is 12.6. The van der Waals surface area contributed by atoms with E-state index in [1.807, 2.05) is 12.1 Å². The van der Waals surface area contributed by atoms with E-state index in [4.69, 9.17) is 4.74 Å². The number of fused-ring (bicyclic) bond motifs is 1. The average molecular weight is 546 g/mol. The zero-order valence-electron chi connectivity index (χ0n) is 18.2. The molecule has 0 unspecified atom stereocenters. The van der Waals surface area contributed by atoms with E-state index >= 15 is 0 Å². The van der Waals surface area contributed by atoms with Gasteiger partial charge in [-0.3, -0.25) is 9.59 Å². The van der Waals surface area contributed by atoms with Gasteiger partial charge in [0.15, 0.2) is 0 Å². The van der Waals surface area contributed by atoms with Crippen LogP contribution in [0.4, 0.5) is 19.9 Å². The first-order valence-electron chi connectivity index (χ1n) is 10.6. The third-order valence-electron chi connectivity index (χ3n) is 5.25. The van der Waals surface area contributed by atoms with E-state index in [0.717, 1.165) is 14.9 Å². The van der Waals surface area contributed by atoms with Gasteiger partial charge in [0.25, 0.3) is 11.8 Å². The molecule has 34 heavy (non-hydrogen) atoms. The van der Waals surface area contributed by atoms with Crippen LogP contribution in [0, 0.1) is 5.82 Å². The molecule has 0 saturated carbocycles. The molecule has 0 saturated heterocycles. The van der Waals surface area contributed by atoms with Crippen LogP contribution in [-0.4, -0.2) is 36.0 Å². The number of carbonyl (C=O) groups is 3. The van der Waals surface area contributed by atoms with Crippen LogP contribution in [0.5, 0.6) is 0 Å². The zero-order valence-corrected chi connectivity index (χ0v) is 20.6. The van der Waals surface area contributed by atoms with Crippen molar-refractivity contribution in [2.45, 2.75) is 19.9 Å². The second-order valence-electron chi connectivity index (χ2n) is 7.50. The number of carbonyl (C=O) groups excluding carboxylic acids is 3. The summed E-state index contributed by atoms with van der Waals surface area (Å²) >= 11 is 4.61. The number of nitrogens with one attached hydrogen (secondary N) is 2. The maximum atomic E-state index is 13.3. The van der Waals surface area contributed by atoms with Crippen LogP contribution in [0.25, 0.3) is 0 Å². The minimum Gasteiger partial charge on any atom is -0.450 e. The molecule has 2 N–H and O–H groups in total. The third kappa shape index (κ3) is 5.28. The van der Waals surface area contributed by atoms with Crippen LogP contribution in [0.15, 0.2) is 53.0 Å². The van der Waals surface area contributed by atoms with Crippen molar-refractivity contribution >= 4 is 55.9 Å². The van der Waals surface area contributed by atoms with Crippen molar-refractivity contribution < 1.29 is 23.5 Å². The van der Waals surface area contributed by atoms with E-state index in [9.17, 15) is 18.8 Å². The molecule has 1 aromatic heterocycles. The fourth-order valence-electron chi connectivity index (χ4n) is 3.61. The number of rotatable bonds is 5. The van der Waals surface area contributed by atoms with Crippen LogP contribution >= 0.6 is 27.3 Å². The zero-order chi connectivity index (χ0) is 24.2. The summed E-state index contributed by atoms with van der Waals surface area (Å²) in [7, 11) is 0. The molecule has 0 fully saturated rings. The summed E-state index contributed by atoms with van der Waals surface area (Å²) in [5, 5.41) is 6.05. The Morgan fingerprint density at radius 2 is 1.76 bits per heavy atom. The number of hydrogen-bond acceptors (Lipinski definition) is 5. The Balaban J connectivity index is 1.65. The van der Waals surface area contributed by atoms with Gasteiger partial charge in [-0.1, -0.05) is 15.9 Å². The molecule has 0 bridgehead atoms. The smallest absolute Gasteiger partial charge is 0.410 e. The number of benzene rings is 2. The summed E-state index contributed by atoms with van der Waals surface area (Å²) in [6.45, 7) is 2.69. The molecule has 0 radical (unpaired) electrons. The standard InChI is InChI=1S/C24H21BrFN3O4S/c1-2-33-24(32)29-12-11-18-19(13-29)34-23(28-21(30)14-3-7-16(26)8-4-14)20(18)22(31)27-17-9-5-15(25)6-10-17/h3-10H,2,11-13H2,1H3,(H,27,31)(H,28,30). The Bertz CT molecular complexity index is 1230. The Kier molecular flexibility index (Phi) is 7.28. The highest BCUT2D eigenvalue weighted by molar-refractivity contribution is 9.10. The van der Waals surface area contributed by atoms with Gasteiger partial charge in [-0.15, -0.1) is 11.3 Å². The lowest BCUT2D eigenvalue weighted by Gasteiger charge is -2.26. The number of ether oxygens (including phenoxy) is 1. The molecule has 4 rings (SSSR count). The van der Waals surface area contributed by atoms with Crippen LogP contribution in [0.3, 0.4) is 0 Å². The van der Waals surface area contributed by atoms with Gasteiger partial charge in [0, 0.05) is 27.1 Å². The first-order valence-corrected chi connectivity index (χ1v) is 12.2. The number of hydrogen-bond donors (Lipinski definition) is 2. The molecule has 176 valence electrons. The van der Waals surface area contributed by atoms with Gasteiger partial charge in [-0.05, 0) is 67.4 Å². The number of thiophene rings is 1. The molecule has 7 nitrogen and oxygen atoms in total. The molecule has 1 aliphatic heterocycles. The first kappa shape index (κ1) is 23.9. The van der Waals surface area contributed by atoms with E-state index in [1.54, 1.807) is 24.0 Å². The molecule has 1 aliphatic rings. The SMILES string of the molecule is CCOC(=O)N1CCc2c(sc(NC(=O)c3ccc(F)cc3)c2C(=O)Nc2ccc(Br)cc2)C1. The van der Waals surface area contributed by atoms with E-state index in [2.05, 4.69) is 26.6 Å². The van der Waals surface area contributed by atoms with Crippen molar-refractivity contribution in [1.82, 2.24) is 4.90 Å². The lowest BCUT2D eigenvalue weighted by Crippen LogP contribution is -2.36. The van der Waals surface area contributed by atoms with Crippen molar-refractivity contribution in [2.75, 3.05) is 23.8 Å². The predicted octanol–water partition coefficient (Wildman–Crippen LogP) is 5.67. The van der Waals surface area contributed by atoms with Gasteiger partial charge in [0.05, 0.1) is 18.7 Å². The molecule has 3 amide bonds. The van der Waals surface area contributed by atoms with Crippen molar-refractivity contribution in [3.05, 3.63) is 80.4 Å². The minimum absolute atomic E-state index is 0.264. The lowest BCUT2D eigenvalue weighted by atomic mass is 10.0. The number of anilines is 2. The molecule has 3 aromatic rings. The monoisotopic (exact) mass is 545 g/mol. The van der Waals surface area contributed by atoms with Gasteiger partial charge < -0.3 is 20.3 Å². The van der Waals surface area contributed by atoms with Crippen molar-refractivity contribution in [1.29, 1.82) is 0 Å². The molecule has 0 aliphatic carbocycles. The highest BCUT2D eigenvalue weighted by Crippen LogP contribution is 2.38. The Hall–Kier alpha value is -3.24. The van der Waals surface area contributed by atoms with Crippen molar-refractivity contribution in [3.63, 3.8) is 0 Å². The second kappa shape index (κ2) is 10.4. The van der Waals surface area contributed by atoms with Gasteiger partial charge >= 0.3 is 6.09 Å². The van der Waals surface area contributed by atoms with Crippen LogP contribution in [0.1, 0.15) is 38.1 Å². The molecular weight excluding hydrogens is 525 g/mol. The number of nitrogens with zero attached hydrogens (tertiary/aromatic N) is 1. The highest BCUT2D eigenvalue weighted by atomic mass is 79.9. The first-order chi connectivity index (χ1) is 16.4. The predicted molar refractivity (Wildman–Crippen MR) is 132 cm³/mol. The van der Waals surface area contributed by atoms with Crippen LogP contribution in [-0.2, 0) is 17.7 Å². The maximum Gasteiger partial charge on any atom is 0.410 e. The second-order valence-corrected chi connectivity index (χ2v) is 9.52. The fourth-order valence-corrected chi connectivity index (χ4v) is 5.13. The Morgan fingerprint density at radius 3 is 2.44 bits per heavy atom. The summed E-state index contributed by atoms with van der Waals surface area (Å²) in [4.78, 5) is 40.7. The molecule has 2 heterocycles. The molecule has 2 aromatic carbocycles. The third-order valence-corrected chi connectivity index (χ3v) is 6.91. The van der Waals surface area contributed by atoms with Gasteiger partial charge in [0.1, 0.15) is 10.8 Å². The summed E-state index contributed by atoms with van der Waals surface area (Å²) in [5.41, 5.74) is 2.02. The van der Waals surface area contributed by atoms with Crippen LogP contribution in [0.2, 0.25) is 0 Å². The van der Waals surface area contributed by atoms with Crippen LogP contribution < -0.4 is 10.6 Å². The molecule has 10 heteroatoms. The largest absolute Gasteiger partial charge is 0.450 e. The average Bonchev–Trinajstić information content (AvgIpc) is 3.18. The van der Waals surface area contributed by atoms with Crippen molar-refractivity contribution in [3.8, 4) is 0 Å². The van der Waals surface area contributed by atoms with E-state index in [0.29, 0.717) is 29.2 Å². The maximum absolute atomic E-state index is 13.3. The fraction of sp³-hybridized carbons (Fsp3) is 0.208. The van der Waals surface area contributed by atoms with Gasteiger partial charge in [-0.2, -0.15) is 0 Å². The molecule has 0 spiro atoms. The lowest BCUT2D eigenvalue weighted by molar-refractivity contribution is 0.101. The molecular formula is C24H21BrFN3O4S. The summed E-state index contributed by atoms with van der Waals surface area (Å²) in [5.74, 6) is -1.27. The number of amides is 3. The van der Waals surface area contributed by atoms with Gasteiger partial charge in [0.2, 0.25) is 0 Å². The summed E-state index contributed by atoms with van der Waals surface area (Å²) in [6.07, 6.45) is 0.0273. The number of halogens is 2. The van der Waals surface area contributed by atoms with Crippen molar-refractivity contribution in [2.24, 2.45) is 0 Å². The quantitative estimate of drug-likeness (QED) is 0.432. The highest BCUT2D eigenvalue weighted by Gasteiger charge is 2.31. The summed E-state index contributed by atoms with van der Waals surface area (Å²) in [6, 6.07) is 12.3. The Morgan fingerprint density at radius 1 is 1.06 bits per heavy atom. The summed E-state index contributed by atoms with van der Waals surface area (Å²) < 4.78 is 19.3. The van der Waals surface area contributed by atoms with Gasteiger partial charge in [-0.25, -0.2) is 9.18 Å². The van der Waals surface area contributed by atoms with E-state index in [1.165, 1.54) is 35.6 Å². The van der Waals surface area contributed by atoms with E-state index in [-0.39, 0.29) is 24.6 Å². The minimum atomic E-state index is -0.460.